The summed E-state index contributed by atoms with van der Waals surface area (Å²) >= 11 is 0. The summed E-state index contributed by atoms with van der Waals surface area (Å²) in [5.74, 6) is -0.687. The van der Waals surface area contributed by atoms with Crippen LogP contribution in [0.1, 0.15) is 22.5 Å². The smallest absolute Gasteiger partial charge is 0.282 e. The first-order chi connectivity index (χ1) is 11.0. The van der Waals surface area contributed by atoms with Crippen LogP contribution in [0.4, 0.5) is 5.69 Å². The van der Waals surface area contributed by atoms with Crippen LogP contribution < -0.4 is 15.6 Å². The van der Waals surface area contributed by atoms with Crippen LogP contribution in [0.15, 0.2) is 41.4 Å². The molecule has 0 atom stereocenters. The highest BCUT2D eigenvalue weighted by atomic mass is 32.2. The number of aryl methyl sites for hydroxylation is 1. The van der Waals surface area contributed by atoms with Crippen molar-refractivity contribution < 1.29 is 18.0 Å². The zero-order chi connectivity index (χ0) is 16.4. The molecule has 120 valence electrons. The van der Waals surface area contributed by atoms with Gasteiger partial charge in [0.2, 0.25) is 5.91 Å². The number of sulfonamides is 1. The molecule has 1 aliphatic heterocycles. The van der Waals surface area contributed by atoms with Gasteiger partial charge >= 0.3 is 0 Å². The molecule has 0 aliphatic carbocycles. The molecule has 0 fully saturated rings. The lowest BCUT2D eigenvalue weighted by atomic mass is 10.0. The van der Waals surface area contributed by atoms with Crippen LogP contribution in [-0.4, -0.2) is 25.2 Å². The number of benzene rings is 1. The number of nitrogens with one attached hydrogen (secondary N) is 4. The Morgan fingerprint density at radius 1 is 1.17 bits per heavy atom. The maximum absolute atomic E-state index is 12.2. The molecule has 0 spiro atoms. The maximum atomic E-state index is 12.2. The Hall–Kier alpha value is -2.65. The van der Waals surface area contributed by atoms with Crippen molar-refractivity contribution >= 4 is 27.5 Å². The van der Waals surface area contributed by atoms with Gasteiger partial charge in [-0.25, -0.2) is 8.42 Å². The minimum Gasteiger partial charge on any atom is -0.357 e. The van der Waals surface area contributed by atoms with Gasteiger partial charge in [-0.15, -0.1) is 4.83 Å². The van der Waals surface area contributed by atoms with Gasteiger partial charge in [0.1, 0.15) is 5.69 Å². The number of carbonyl (C=O) groups is 2. The molecular weight excluding hydrogens is 320 g/mol. The van der Waals surface area contributed by atoms with Gasteiger partial charge in [-0.1, -0.05) is 0 Å². The van der Waals surface area contributed by atoms with Gasteiger partial charge in [0.15, 0.2) is 0 Å². The fourth-order valence-electron chi connectivity index (χ4n) is 2.24. The number of hydrazine groups is 1. The van der Waals surface area contributed by atoms with E-state index in [0.717, 1.165) is 5.56 Å². The van der Waals surface area contributed by atoms with E-state index in [-0.39, 0.29) is 16.5 Å². The summed E-state index contributed by atoms with van der Waals surface area (Å²) in [6, 6.07) is 7.53. The molecule has 2 amide bonds. The molecule has 0 radical (unpaired) electrons. The first-order valence-corrected chi connectivity index (χ1v) is 8.32. The van der Waals surface area contributed by atoms with Crippen molar-refractivity contribution in [2.75, 3.05) is 5.32 Å². The number of H-pyrrole nitrogens is 1. The van der Waals surface area contributed by atoms with E-state index in [9.17, 15) is 18.0 Å². The summed E-state index contributed by atoms with van der Waals surface area (Å²) in [6.45, 7) is 0. The molecule has 0 saturated carbocycles. The third-order valence-corrected chi connectivity index (χ3v) is 4.67. The second kappa shape index (κ2) is 5.86. The molecule has 3 rings (SSSR count). The number of anilines is 1. The van der Waals surface area contributed by atoms with E-state index < -0.39 is 15.9 Å². The Balaban J connectivity index is 1.75. The monoisotopic (exact) mass is 334 g/mol. The summed E-state index contributed by atoms with van der Waals surface area (Å²) in [5, 5.41) is 2.68. The Labute approximate surface area is 132 Å². The molecular formula is C14H14N4O4S. The zero-order valence-electron chi connectivity index (χ0n) is 11.9. The first kappa shape index (κ1) is 15.3. The van der Waals surface area contributed by atoms with Gasteiger partial charge in [0, 0.05) is 18.3 Å². The molecule has 2 heterocycles. The topological polar surface area (TPSA) is 120 Å². The van der Waals surface area contributed by atoms with Crippen molar-refractivity contribution in [2.24, 2.45) is 0 Å². The summed E-state index contributed by atoms with van der Waals surface area (Å²) in [6.07, 6.45) is 2.34. The molecule has 9 heteroatoms. The van der Waals surface area contributed by atoms with E-state index in [1.165, 1.54) is 24.3 Å². The number of rotatable bonds is 4. The SMILES string of the molecule is O=C1CCc2cc(S(=O)(=O)NNC(=O)c3ccc[nH]3)ccc2N1. The molecule has 4 N–H and O–H groups in total. The summed E-state index contributed by atoms with van der Waals surface area (Å²) in [7, 11) is -3.90. The van der Waals surface area contributed by atoms with Crippen molar-refractivity contribution in [3.05, 3.63) is 47.8 Å². The van der Waals surface area contributed by atoms with Gasteiger partial charge in [-0.2, -0.15) is 0 Å². The zero-order valence-corrected chi connectivity index (χ0v) is 12.7. The first-order valence-electron chi connectivity index (χ1n) is 6.84. The fourth-order valence-corrected chi connectivity index (χ4v) is 3.13. The number of hydrogen-bond acceptors (Lipinski definition) is 4. The highest BCUT2D eigenvalue weighted by Gasteiger charge is 2.20. The number of hydrogen-bond donors (Lipinski definition) is 4. The second-order valence-corrected chi connectivity index (χ2v) is 6.69. The van der Waals surface area contributed by atoms with E-state index in [4.69, 9.17) is 0 Å². The van der Waals surface area contributed by atoms with Crippen LogP contribution in [0.5, 0.6) is 0 Å². The van der Waals surface area contributed by atoms with E-state index in [0.29, 0.717) is 18.5 Å². The van der Waals surface area contributed by atoms with Crippen molar-refractivity contribution in [3.63, 3.8) is 0 Å². The number of carbonyl (C=O) groups excluding carboxylic acids is 2. The Kier molecular flexibility index (Phi) is 3.89. The molecule has 1 aromatic heterocycles. The predicted molar refractivity (Wildman–Crippen MR) is 82.0 cm³/mol. The van der Waals surface area contributed by atoms with Crippen LogP contribution in [0, 0.1) is 0 Å². The molecule has 1 aliphatic rings. The maximum Gasteiger partial charge on any atom is 0.282 e. The number of fused-ring (bicyclic) bond motifs is 1. The lowest BCUT2D eigenvalue weighted by Gasteiger charge is -2.17. The van der Waals surface area contributed by atoms with Crippen LogP contribution in [0.25, 0.3) is 0 Å². The molecule has 8 nitrogen and oxygen atoms in total. The molecule has 0 bridgehead atoms. The van der Waals surface area contributed by atoms with Gasteiger partial charge in [-0.3, -0.25) is 15.0 Å². The molecule has 1 aromatic carbocycles. The highest BCUT2D eigenvalue weighted by Crippen LogP contribution is 2.25. The predicted octanol–water partition coefficient (Wildman–Crippen LogP) is 0.523. The second-order valence-electron chi connectivity index (χ2n) is 5.01. The Morgan fingerprint density at radius 3 is 2.74 bits per heavy atom. The van der Waals surface area contributed by atoms with Crippen LogP contribution in [0.3, 0.4) is 0 Å². The van der Waals surface area contributed by atoms with Crippen molar-refractivity contribution in [1.82, 2.24) is 15.2 Å². The van der Waals surface area contributed by atoms with E-state index in [2.05, 4.69) is 15.7 Å². The lowest BCUT2D eigenvalue weighted by molar-refractivity contribution is -0.116. The number of aromatic nitrogens is 1. The largest absolute Gasteiger partial charge is 0.357 e. The van der Waals surface area contributed by atoms with Crippen LogP contribution in [-0.2, 0) is 21.2 Å². The third-order valence-electron chi connectivity index (χ3n) is 3.42. The fraction of sp³-hybridized carbons (Fsp3) is 0.143. The average molecular weight is 334 g/mol. The number of amides is 2. The minimum atomic E-state index is -3.90. The number of aromatic amines is 1. The third kappa shape index (κ3) is 3.25. The van der Waals surface area contributed by atoms with Crippen LogP contribution >= 0.6 is 0 Å². The quantitative estimate of drug-likeness (QED) is 0.609. The summed E-state index contributed by atoms with van der Waals surface area (Å²) < 4.78 is 24.5. The van der Waals surface area contributed by atoms with E-state index in [1.807, 2.05) is 4.83 Å². The normalized spacial score (nSPS) is 14.0. The van der Waals surface area contributed by atoms with E-state index >= 15 is 0 Å². The average Bonchev–Trinajstić information content (AvgIpc) is 3.06. The standard InChI is InChI=1S/C14H14N4O4S/c19-13-6-3-9-8-10(4-5-11(9)16-13)23(21,22)18-17-14(20)12-2-1-7-15-12/h1-2,4-5,7-8,15,18H,3,6H2,(H,16,19)(H,17,20). The van der Waals surface area contributed by atoms with Gasteiger partial charge in [0.05, 0.1) is 4.90 Å². The van der Waals surface area contributed by atoms with Crippen molar-refractivity contribution in [2.45, 2.75) is 17.7 Å². The van der Waals surface area contributed by atoms with E-state index in [1.54, 1.807) is 12.3 Å². The van der Waals surface area contributed by atoms with Crippen LogP contribution in [0.2, 0.25) is 0 Å². The summed E-state index contributed by atoms with van der Waals surface area (Å²) in [4.78, 5) is 27.8. The minimum absolute atomic E-state index is 0.0131. The molecule has 0 unspecified atom stereocenters. The molecule has 23 heavy (non-hydrogen) atoms. The van der Waals surface area contributed by atoms with Gasteiger partial charge in [0.25, 0.3) is 15.9 Å². The van der Waals surface area contributed by atoms with Crippen molar-refractivity contribution in [1.29, 1.82) is 0 Å². The molecule has 2 aromatic rings. The molecule has 0 saturated heterocycles. The van der Waals surface area contributed by atoms with Crippen molar-refractivity contribution in [3.8, 4) is 0 Å². The van der Waals surface area contributed by atoms with Gasteiger partial charge in [-0.05, 0) is 42.3 Å². The Morgan fingerprint density at radius 2 is 2.00 bits per heavy atom. The lowest BCUT2D eigenvalue weighted by Crippen LogP contribution is -2.41. The summed E-state index contributed by atoms with van der Waals surface area (Å²) in [5.41, 5.74) is 3.72. The van der Waals surface area contributed by atoms with Gasteiger partial charge < -0.3 is 10.3 Å². The highest BCUT2D eigenvalue weighted by molar-refractivity contribution is 7.89. The Bertz CT molecular complexity index is 859.